The lowest BCUT2D eigenvalue weighted by molar-refractivity contribution is -0.143. The highest BCUT2D eigenvalue weighted by atomic mass is 31.1. The molecule has 11 heteroatoms. The average Bonchev–Trinajstić information content (AvgIpc) is 2.22. The van der Waals surface area contributed by atoms with Crippen molar-refractivity contribution in [1.82, 2.24) is 9.80 Å². The zero-order valence-electron chi connectivity index (χ0n) is 10.5. The molecule has 0 heterocycles. The molecule has 0 radical (unpaired) electrons. The first-order valence-corrected chi connectivity index (χ1v) is 6.84. The van der Waals surface area contributed by atoms with Gasteiger partial charge in [-0.1, -0.05) is 0 Å². The third kappa shape index (κ3) is 10.3. The van der Waals surface area contributed by atoms with Gasteiger partial charge in [0.05, 0.1) is 13.1 Å². The van der Waals surface area contributed by atoms with E-state index in [2.05, 4.69) is 0 Å². The number of rotatable bonds is 11. The summed E-state index contributed by atoms with van der Waals surface area (Å²) >= 11 is 0. The van der Waals surface area contributed by atoms with Crippen molar-refractivity contribution in [3.8, 4) is 0 Å². The third-order valence-corrected chi connectivity index (χ3v) is 2.77. The molecular weight excluding hydrogens is 295 g/mol. The number of carboxylic acids is 3. The number of nitrogens with zero attached hydrogens (tertiary/aromatic N) is 2. The highest BCUT2D eigenvalue weighted by Gasteiger charge is 2.22. The van der Waals surface area contributed by atoms with E-state index in [9.17, 15) is 18.9 Å². The van der Waals surface area contributed by atoms with Crippen molar-refractivity contribution in [1.29, 1.82) is 0 Å². The monoisotopic (exact) mass is 311 g/mol. The largest absolute Gasteiger partial charge is 0.521 e. The van der Waals surface area contributed by atoms with Gasteiger partial charge in [0.1, 0.15) is 6.54 Å². The molecule has 0 saturated heterocycles. The lowest BCUT2D eigenvalue weighted by Crippen LogP contribution is -2.41. The predicted molar refractivity (Wildman–Crippen MR) is 65.6 cm³/mol. The fraction of sp³-hybridized carbons (Fsp3) is 0.667. The van der Waals surface area contributed by atoms with Crippen molar-refractivity contribution < 1.29 is 39.2 Å². The summed E-state index contributed by atoms with van der Waals surface area (Å²) in [5.41, 5.74) is 0. The van der Waals surface area contributed by atoms with Gasteiger partial charge in [0, 0.05) is 13.1 Å². The first kappa shape index (κ1) is 18.4. The second-order valence-corrected chi connectivity index (χ2v) is 4.93. The molecule has 0 aliphatic carbocycles. The molecular formula is C9H16N2O8P+. The van der Waals surface area contributed by atoms with E-state index in [0.29, 0.717) is 0 Å². The molecule has 0 rings (SSSR count). The number of carbonyl (C=O) groups is 3. The summed E-state index contributed by atoms with van der Waals surface area (Å²) in [5, 5.41) is 25.9. The van der Waals surface area contributed by atoms with Gasteiger partial charge >= 0.3 is 25.9 Å². The smallest absolute Gasteiger partial charge is 0.480 e. The van der Waals surface area contributed by atoms with E-state index in [0.717, 1.165) is 9.80 Å². The van der Waals surface area contributed by atoms with Crippen molar-refractivity contribution in [2.45, 2.75) is 0 Å². The van der Waals surface area contributed by atoms with E-state index >= 15 is 0 Å². The van der Waals surface area contributed by atoms with E-state index in [1.807, 2.05) is 0 Å². The average molecular weight is 311 g/mol. The first-order chi connectivity index (χ1) is 9.20. The highest BCUT2D eigenvalue weighted by molar-refractivity contribution is 7.37. The fourth-order valence-corrected chi connectivity index (χ4v) is 2.03. The predicted octanol–water partition coefficient (Wildman–Crippen LogP) is -1.46. The standard InChI is InChI=1S/C9H15N2O8P/c12-7(13)3-10(4-8(14)15)1-2-11(5-9(16)17)6-20(18)19/h1-6H2,(H3-,12,13,14,15,16,17,18,19)/p+1. The Kier molecular flexibility index (Phi) is 8.57. The summed E-state index contributed by atoms with van der Waals surface area (Å²) in [7, 11) is -2.57. The quantitative estimate of drug-likeness (QED) is 0.332. The van der Waals surface area contributed by atoms with Gasteiger partial charge < -0.3 is 15.3 Å². The maximum Gasteiger partial charge on any atom is 0.521 e. The summed E-state index contributed by atoms with van der Waals surface area (Å²) in [6.45, 7) is -1.60. The van der Waals surface area contributed by atoms with Crippen LogP contribution in [0.4, 0.5) is 0 Å². The van der Waals surface area contributed by atoms with E-state index in [1.54, 1.807) is 0 Å². The van der Waals surface area contributed by atoms with Crippen molar-refractivity contribution in [2.75, 3.05) is 39.0 Å². The Bertz CT molecular complexity index is 320. The van der Waals surface area contributed by atoms with Crippen molar-refractivity contribution in [2.24, 2.45) is 0 Å². The van der Waals surface area contributed by atoms with E-state index in [1.165, 1.54) is 0 Å². The van der Waals surface area contributed by atoms with Gasteiger partial charge in [-0.05, 0) is 4.57 Å². The molecule has 0 amide bonds. The fourth-order valence-electron chi connectivity index (χ4n) is 1.44. The molecule has 0 spiro atoms. The van der Waals surface area contributed by atoms with Gasteiger partial charge in [-0.3, -0.25) is 19.3 Å². The molecule has 0 saturated carbocycles. The Morgan fingerprint density at radius 2 is 1.15 bits per heavy atom. The van der Waals surface area contributed by atoms with Crippen LogP contribution < -0.4 is 0 Å². The minimum atomic E-state index is -2.57. The number of hydrogen-bond acceptors (Lipinski definition) is 6. The Morgan fingerprint density at radius 3 is 1.50 bits per heavy atom. The molecule has 0 aromatic carbocycles. The van der Waals surface area contributed by atoms with E-state index < -0.39 is 45.6 Å². The van der Waals surface area contributed by atoms with Crippen LogP contribution in [0.15, 0.2) is 0 Å². The maximum atomic E-state index is 10.7. The summed E-state index contributed by atoms with van der Waals surface area (Å²) in [5.74, 6) is -3.64. The van der Waals surface area contributed by atoms with Gasteiger partial charge in [0.25, 0.3) is 0 Å². The second-order valence-electron chi connectivity index (χ2n) is 3.94. The molecule has 1 unspecified atom stereocenters. The number of hydrogen-bond donors (Lipinski definition) is 4. The SMILES string of the molecule is O=C(O)CN(CCN(CC(=O)O)C[P+](=O)O)CC(=O)O. The molecule has 0 aromatic heterocycles. The maximum absolute atomic E-state index is 10.7. The van der Waals surface area contributed by atoms with Crippen LogP contribution in [0.5, 0.6) is 0 Å². The van der Waals surface area contributed by atoms with Crippen molar-refractivity contribution in [3.63, 3.8) is 0 Å². The van der Waals surface area contributed by atoms with Crippen LogP contribution in [-0.2, 0) is 18.9 Å². The molecule has 10 nitrogen and oxygen atoms in total. The molecule has 1 atom stereocenters. The van der Waals surface area contributed by atoms with Gasteiger partial charge in [-0.15, -0.1) is 0 Å². The number of carboxylic acid groups (broad SMARTS) is 3. The lowest BCUT2D eigenvalue weighted by Gasteiger charge is -2.21. The summed E-state index contributed by atoms with van der Waals surface area (Å²) in [6.07, 6.45) is -0.379. The zero-order chi connectivity index (χ0) is 15.7. The minimum Gasteiger partial charge on any atom is -0.480 e. The van der Waals surface area contributed by atoms with Gasteiger partial charge in [-0.2, -0.15) is 4.89 Å². The van der Waals surface area contributed by atoms with Crippen LogP contribution in [0.2, 0.25) is 0 Å². The molecule has 0 fully saturated rings. The van der Waals surface area contributed by atoms with Gasteiger partial charge in [0.2, 0.25) is 6.29 Å². The topological polar surface area (TPSA) is 156 Å². The normalized spacial score (nSPS) is 11.7. The Balaban J connectivity index is 4.49. The van der Waals surface area contributed by atoms with Crippen LogP contribution in [0, 0.1) is 0 Å². The first-order valence-electron chi connectivity index (χ1n) is 5.44. The summed E-state index contributed by atoms with van der Waals surface area (Å²) in [4.78, 5) is 42.7. The Hall–Kier alpha value is -1.61. The van der Waals surface area contributed by atoms with Crippen molar-refractivity contribution in [3.05, 3.63) is 0 Å². The molecule has 0 aromatic rings. The summed E-state index contributed by atoms with van der Waals surface area (Å²) < 4.78 is 10.7. The number of aliphatic carboxylic acids is 3. The molecule has 20 heavy (non-hydrogen) atoms. The van der Waals surface area contributed by atoms with Crippen LogP contribution in [0.1, 0.15) is 0 Å². The van der Waals surface area contributed by atoms with Crippen LogP contribution in [0.25, 0.3) is 0 Å². The second kappa shape index (κ2) is 9.32. The van der Waals surface area contributed by atoms with Gasteiger partial charge in [-0.25, -0.2) is 4.90 Å². The Morgan fingerprint density at radius 1 is 0.800 bits per heavy atom. The van der Waals surface area contributed by atoms with E-state index in [4.69, 9.17) is 20.2 Å². The van der Waals surface area contributed by atoms with Gasteiger partial charge in [0.15, 0.2) is 0 Å². The van der Waals surface area contributed by atoms with Crippen LogP contribution >= 0.6 is 8.03 Å². The van der Waals surface area contributed by atoms with E-state index in [-0.39, 0.29) is 19.4 Å². The highest BCUT2D eigenvalue weighted by Crippen LogP contribution is 2.14. The molecule has 4 N–H and O–H groups in total. The van der Waals surface area contributed by atoms with Crippen molar-refractivity contribution >= 4 is 25.9 Å². The van der Waals surface area contributed by atoms with Crippen LogP contribution in [-0.4, -0.2) is 86.9 Å². The molecule has 0 aliphatic heterocycles. The minimum absolute atomic E-state index is 0.0332. The van der Waals surface area contributed by atoms with Crippen LogP contribution in [0.3, 0.4) is 0 Å². The molecule has 0 aliphatic rings. The molecule has 0 bridgehead atoms. The zero-order valence-corrected chi connectivity index (χ0v) is 11.4. The molecule has 114 valence electrons. The Labute approximate surface area is 115 Å². The lowest BCUT2D eigenvalue weighted by atomic mass is 10.4. The third-order valence-electron chi connectivity index (χ3n) is 2.13. The summed E-state index contributed by atoms with van der Waals surface area (Å²) in [6, 6.07) is 0.